The summed E-state index contributed by atoms with van der Waals surface area (Å²) in [7, 11) is 0. The maximum Gasteiger partial charge on any atom is 0.114 e. The molecule has 0 radical (unpaired) electrons. The van der Waals surface area contributed by atoms with Gasteiger partial charge in [-0.2, -0.15) is 0 Å². The van der Waals surface area contributed by atoms with Crippen LogP contribution in [-0.2, 0) is 12.1 Å². The summed E-state index contributed by atoms with van der Waals surface area (Å²) in [6.45, 7) is 6.34. The molecular weight excluding hydrogens is 302 g/mol. The van der Waals surface area contributed by atoms with Crippen molar-refractivity contribution < 1.29 is 5.11 Å². The molecule has 24 heavy (non-hydrogen) atoms. The number of aryl methyl sites for hydroxylation is 1. The van der Waals surface area contributed by atoms with Crippen LogP contribution in [0, 0.1) is 6.92 Å². The van der Waals surface area contributed by atoms with Crippen LogP contribution in [0.1, 0.15) is 62.5 Å². The lowest BCUT2D eigenvalue weighted by atomic mass is 9.90. The lowest BCUT2D eigenvalue weighted by Crippen LogP contribution is -2.39. The third-order valence-corrected chi connectivity index (χ3v) is 4.88. The molecule has 0 spiro atoms. The second-order valence-electron chi connectivity index (χ2n) is 7.23. The Balaban J connectivity index is 1.71. The summed E-state index contributed by atoms with van der Waals surface area (Å²) in [4.78, 5) is 4.36. The number of nitrogens with zero attached hydrogens (tertiary/aromatic N) is 4. The van der Waals surface area contributed by atoms with Gasteiger partial charge in [0.2, 0.25) is 0 Å². The van der Waals surface area contributed by atoms with Gasteiger partial charge in [-0.25, -0.2) is 4.68 Å². The van der Waals surface area contributed by atoms with E-state index in [0.29, 0.717) is 11.7 Å². The molecule has 0 bridgehead atoms. The fraction of sp³-hybridized carbons (Fsp3) is 0.611. The molecule has 3 rings (SSSR count). The summed E-state index contributed by atoms with van der Waals surface area (Å²) in [5.41, 5.74) is 1.97. The van der Waals surface area contributed by atoms with Gasteiger partial charge in [-0.1, -0.05) is 24.1 Å². The van der Waals surface area contributed by atoms with E-state index in [1.165, 1.54) is 18.4 Å². The zero-order valence-electron chi connectivity index (χ0n) is 14.7. The van der Waals surface area contributed by atoms with Gasteiger partial charge >= 0.3 is 0 Å². The number of rotatable bonds is 5. The highest BCUT2D eigenvalue weighted by Crippen LogP contribution is 2.29. The van der Waals surface area contributed by atoms with Crippen LogP contribution < -0.4 is 5.32 Å². The predicted molar refractivity (Wildman–Crippen MR) is 92.4 cm³/mol. The van der Waals surface area contributed by atoms with E-state index < -0.39 is 5.60 Å². The van der Waals surface area contributed by atoms with Crippen molar-refractivity contribution in [2.75, 3.05) is 0 Å². The molecular formula is C18H27N5O. The molecule has 1 saturated carbocycles. The van der Waals surface area contributed by atoms with Crippen LogP contribution in [0.15, 0.2) is 24.5 Å². The maximum atomic E-state index is 10.1. The van der Waals surface area contributed by atoms with Crippen LogP contribution >= 0.6 is 0 Å². The quantitative estimate of drug-likeness (QED) is 0.881. The number of aromatic nitrogens is 4. The highest BCUT2D eigenvalue weighted by Gasteiger charge is 2.29. The molecule has 2 aromatic heterocycles. The van der Waals surface area contributed by atoms with Crippen LogP contribution in [0.25, 0.3) is 0 Å². The number of hydrogen-bond donors (Lipinski definition) is 2. The fourth-order valence-electron chi connectivity index (χ4n) is 3.33. The molecule has 2 N–H and O–H groups in total. The van der Waals surface area contributed by atoms with E-state index in [9.17, 15) is 5.11 Å². The molecule has 0 saturated heterocycles. The minimum absolute atomic E-state index is 0.277. The highest BCUT2D eigenvalue weighted by molar-refractivity contribution is 5.18. The first-order valence-electron chi connectivity index (χ1n) is 8.74. The Morgan fingerprint density at radius 3 is 2.83 bits per heavy atom. The molecule has 0 amide bonds. The summed E-state index contributed by atoms with van der Waals surface area (Å²) in [6.07, 6.45) is 8.36. The van der Waals surface area contributed by atoms with E-state index in [0.717, 1.165) is 25.1 Å². The molecule has 0 aromatic carbocycles. The number of aliphatic hydroxyl groups is 1. The Bertz CT molecular complexity index is 676. The molecule has 0 unspecified atom stereocenters. The van der Waals surface area contributed by atoms with Gasteiger partial charge in [0, 0.05) is 24.5 Å². The van der Waals surface area contributed by atoms with Gasteiger partial charge in [0.05, 0.1) is 12.2 Å². The zero-order chi connectivity index (χ0) is 17.2. The zero-order valence-corrected chi connectivity index (χ0v) is 14.7. The largest absolute Gasteiger partial charge is 0.384 e. The second kappa shape index (κ2) is 6.99. The smallest absolute Gasteiger partial charge is 0.114 e. The molecule has 130 valence electrons. The Labute approximate surface area is 143 Å². The van der Waals surface area contributed by atoms with E-state index in [1.54, 1.807) is 13.8 Å². The number of pyridine rings is 1. The molecule has 1 aliphatic rings. The van der Waals surface area contributed by atoms with Gasteiger partial charge in [0.1, 0.15) is 11.3 Å². The van der Waals surface area contributed by atoms with Crippen LogP contribution in [0.5, 0.6) is 0 Å². The van der Waals surface area contributed by atoms with Crippen molar-refractivity contribution in [2.24, 2.45) is 0 Å². The molecule has 0 aliphatic heterocycles. The predicted octanol–water partition coefficient (Wildman–Crippen LogP) is 2.48. The third kappa shape index (κ3) is 3.82. The lowest BCUT2D eigenvalue weighted by Gasteiger charge is -2.32. The van der Waals surface area contributed by atoms with Gasteiger partial charge in [-0.3, -0.25) is 4.98 Å². The van der Waals surface area contributed by atoms with E-state index in [4.69, 9.17) is 0 Å². The monoisotopic (exact) mass is 329 g/mol. The lowest BCUT2D eigenvalue weighted by molar-refractivity contribution is 0.0736. The minimum atomic E-state index is -0.956. The van der Waals surface area contributed by atoms with Crippen molar-refractivity contribution in [1.29, 1.82) is 0 Å². The van der Waals surface area contributed by atoms with E-state index in [1.807, 2.05) is 30.1 Å². The summed E-state index contributed by atoms with van der Waals surface area (Å²) < 4.78 is 1.93. The first-order valence-corrected chi connectivity index (χ1v) is 8.74. The molecule has 1 aliphatic carbocycles. The SMILES string of the molecule is Cc1ncccc1CN[C@H]1CCCC[C@H]1n1cc(C(C)(C)O)nn1. The van der Waals surface area contributed by atoms with Crippen molar-refractivity contribution in [1.82, 2.24) is 25.3 Å². The summed E-state index contributed by atoms with van der Waals surface area (Å²) >= 11 is 0. The van der Waals surface area contributed by atoms with Crippen LogP contribution in [0.4, 0.5) is 0 Å². The normalized spacial score (nSPS) is 21.8. The minimum Gasteiger partial charge on any atom is -0.384 e. The molecule has 6 heteroatoms. The number of nitrogens with one attached hydrogen (secondary N) is 1. The molecule has 6 nitrogen and oxygen atoms in total. The maximum absolute atomic E-state index is 10.1. The van der Waals surface area contributed by atoms with Gasteiger partial charge < -0.3 is 10.4 Å². The molecule has 2 aromatic rings. The summed E-state index contributed by atoms with van der Waals surface area (Å²) in [6, 6.07) is 4.73. The van der Waals surface area contributed by atoms with Crippen molar-refractivity contribution in [2.45, 2.75) is 70.7 Å². The Hall–Kier alpha value is -1.79. The summed E-state index contributed by atoms with van der Waals surface area (Å²) in [5.74, 6) is 0. The van der Waals surface area contributed by atoms with Crippen molar-refractivity contribution >= 4 is 0 Å². The van der Waals surface area contributed by atoms with E-state index in [2.05, 4.69) is 26.7 Å². The fourth-order valence-corrected chi connectivity index (χ4v) is 3.33. The Morgan fingerprint density at radius 2 is 2.12 bits per heavy atom. The van der Waals surface area contributed by atoms with E-state index >= 15 is 0 Å². The Kier molecular flexibility index (Phi) is 4.96. The van der Waals surface area contributed by atoms with Crippen molar-refractivity contribution in [3.63, 3.8) is 0 Å². The second-order valence-corrected chi connectivity index (χ2v) is 7.23. The Morgan fingerprint density at radius 1 is 1.33 bits per heavy atom. The molecule has 2 heterocycles. The van der Waals surface area contributed by atoms with Crippen LogP contribution in [0.2, 0.25) is 0 Å². The van der Waals surface area contributed by atoms with Crippen molar-refractivity contribution in [3.05, 3.63) is 41.5 Å². The standard InChI is InChI=1S/C18H27N5O/c1-13-14(7-6-10-19-13)11-20-15-8-4-5-9-16(15)23-12-17(21-22-23)18(2,3)24/h6-7,10,12,15-16,20,24H,4-5,8-9,11H2,1-3H3/t15-,16+/m0/s1. The van der Waals surface area contributed by atoms with Crippen molar-refractivity contribution in [3.8, 4) is 0 Å². The van der Waals surface area contributed by atoms with Crippen LogP contribution in [0.3, 0.4) is 0 Å². The van der Waals surface area contributed by atoms with Gasteiger partial charge in [0.15, 0.2) is 0 Å². The first kappa shape index (κ1) is 17.0. The average molecular weight is 329 g/mol. The third-order valence-electron chi connectivity index (χ3n) is 4.88. The van der Waals surface area contributed by atoms with Crippen LogP contribution in [-0.4, -0.2) is 31.1 Å². The molecule has 1 fully saturated rings. The van der Waals surface area contributed by atoms with Gasteiger partial charge in [-0.15, -0.1) is 5.10 Å². The highest BCUT2D eigenvalue weighted by atomic mass is 16.3. The average Bonchev–Trinajstić information content (AvgIpc) is 3.04. The van der Waals surface area contributed by atoms with E-state index in [-0.39, 0.29) is 6.04 Å². The number of hydrogen-bond acceptors (Lipinski definition) is 5. The van der Waals surface area contributed by atoms with Gasteiger partial charge in [0.25, 0.3) is 0 Å². The topological polar surface area (TPSA) is 75.9 Å². The first-order chi connectivity index (χ1) is 11.4. The molecule has 2 atom stereocenters. The van der Waals surface area contributed by atoms with Gasteiger partial charge in [-0.05, 0) is 45.2 Å². The summed E-state index contributed by atoms with van der Waals surface area (Å²) in [5, 5.41) is 22.2.